The van der Waals surface area contributed by atoms with Crippen LogP contribution in [0.25, 0.3) is 0 Å². The van der Waals surface area contributed by atoms with Gasteiger partial charge in [-0.15, -0.1) is 11.8 Å². The van der Waals surface area contributed by atoms with Crippen LogP contribution in [-0.4, -0.2) is 22.1 Å². The van der Waals surface area contributed by atoms with Gasteiger partial charge in [0.05, 0.1) is 18.3 Å². The van der Waals surface area contributed by atoms with Crippen molar-refractivity contribution >= 4 is 23.5 Å². The summed E-state index contributed by atoms with van der Waals surface area (Å²) in [6.07, 6.45) is 1.65. The first-order chi connectivity index (χ1) is 14.6. The van der Waals surface area contributed by atoms with Crippen molar-refractivity contribution in [3.63, 3.8) is 0 Å². The first-order valence-electron chi connectivity index (χ1n) is 9.82. The number of ether oxygens (including phenoxy) is 1. The highest BCUT2D eigenvalue weighted by atomic mass is 32.2. The van der Waals surface area contributed by atoms with Crippen LogP contribution in [0.4, 0.5) is 5.82 Å². The summed E-state index contributed by atoms with van der Waals surface area (Å²) < 4.78 is 6.51. The number of aromatic nitrogens is 2. The maximum absolute atomic E-state index is 13.1. The molecular formula is C23H25N3O3S. The van der Waals surface area contributed by atoms with Crippen LogP contribution in [0.3, 0.4) is 0 Å². The second kappa shape index (κ2) is 10.6. The number of nitrogens with zero attached hydrogens (tertiary/aromatic N) is 2. The number of carbonyl (C=O) groups excluding carboxylic acids is 1. The van der Waals surface area contributed by atoms with Crippen LogP contribution in [-0.2, 0) is 21.8 Å². The average molecular weight is 424 g/mol. The van der Waals surface area contributed by atoms with Crippen molar-refractivity contribution in [2.24, 2.45) is 0 Å². The molecule has 1 atom stereocenters. The van der Waals surface area contributed by atoms with E-state index in [9.17, 15) is 9.59 Å². The van der Waals surface area contributed by atoms with Crippen molar-refractivity contribution in [3.8, 4) is 0 Å². The zero-order valence-electron chi connectivity index (χ0n) is 17.1. The fourth-order valence-electron chi connectivity index (χ4n) is 2.95. The van der Waals surface area contributed by atoms with E-state index >= 15 is 0 Å². The van der Waals surface area contributed by atoms with E-state index in [2.05, 4.69) is 10.3 Å². The van der Waals surface area contributed by atoms with E-state index in [0.717, 1.165) is 10.5 Å². The molecule has 1 unspecified atom stereocenters. The SMILES string of the molecule is CCOC(=O)Cn1c(CSc2ccccc2)cnc(NC(C)c2ccccc2)c1=O. The van der Waals surface area contributed by atoms with E-state index in [4.69, 9.17) is 4.74 Å². The molecule has 3 aromatic rings. The van der Waals surface area contributed by atoms with E-state index < -0.39 is 5.97 Å². The molecule has 0 spiro atoms. The smallest absolute Gasteiger partial charge is 0.326 e. The molecule has 0 aliphatic rings. The number of esters is 1. The van der Waals surface area contributed by atoms with Crippen LogP contribution < -0.4 is 10.9 Å². The Hall–Kier alpha value is -3.06. The first kappa shape index (κ1) is 21.6. The summed E-state index contributed by atoms with van der Waals surface area (Å²) in [6, 6.07) is 19.6. The van der Waals surface area contributed by atoms with E-state index in [1.165, 1.54) is 4.57 Å². The Morgan fingerprint density at radius 1 is 1.13 bits per heavy atom. The molecule has 3 rings (SSSR count). The normalized spacial score (nSPS) is 11.7. The topological polar surface area (TPSA) is 73.2 Å². The quantitative estimate of drug-likeness (QED) is 0.409. The number of nitrogens with one attached hydrogen (secondary N) is 1. The Balaban J connectivity index is 1.86. The molecule has 1 aromatic heterocycles. The van der Waals surface area contributed by atoms with Crippen molar-refractivity contribution in [3.05, 3.63) is 88.5 Å². The molecule has 0 amide bonds. The van der Waals surface area contributed by atoms with Crippen molar-refractivity contribution in [2.45, 2.75) is 37.1 Å². The molecular weight excluding hydrogens is 398 g/mol. The zero-order valence-corrected chi connectivity index (χ0v) is 17.9. The second-order valence-electron chi connectivity index (χ2n) is 6.67. The Morgan fingerprint density at radius 2 is 1.80 bits per heavy atom. The zero-order chi connectivity index (χ0) is 21.3. The van der Waals surface area contributed by atoms with E-state index in [1.807, 2.05) is 67.6 Å². The molecule has 7 heteroatoms. The van der Waals surface area contributed by atoms with Gasteiger partial charge in [0, 0.05) is 16.8 Å². The molecule has 6 nitrogen and oxygen atoms in total. The molecule has 0 radical (unpaired) electrons. The molecule has 1 heterocycles. The van der Waals surface area contributed by atoms with Crippen molar-refractivity contribution in [1.82, 2.24) is 9.55 Å². The Kier molecular flexibility index (Phi) is 7.68. The van der Waals surface area contributed by atoms with Crippen LogP contribution in [0.5, 0.6) is 0 Å². The van der Waals surface area contributed by atoms with E-state index in [1.54, 1.807) is 24.9 Å². The van der Waals surface area contributed by atoms with Crippen LogP contribution in [0.2, 0.25) is 0 Å². The van der Waals surface area contributed by atoms with Gasteiger partial charge in [0.2, 0.25) is 0 Å². The van der Waals surface area contributed by atoms with Crippen molar-refractivity contribution in [1.29, 1.82) is 0 Å². The van der Waals surface area contributed by atoms with Gasteiger partial charge < -0.3 is 10.1 Å². The standard InChI is InChI=1S/C23H25N3O3S/c1-3-29-21(27)15-26-19(16-30-20-12-8-5-9-13-20)14-24-22(23(26)28)25-17(2)18-10-6-4-7-11-18/h4-14,17H,3,15-16H2,1-2H3,(H,24,25). The molecule has 30 heavy (non-hydrogen) atoms. The van der Waals surface area contributed by atoms with Gasteiger partial charge in [-0.2, -0.15) is 0 Å². The molecule has 0 fully saturated rings. The highest BCUT2D eigenvalue weighted by molar-refractivity contribution is 7.98. The van der Waals surface area contributed by atoms with Gasteiger partial charge in [-0.05, 0) is 31.5 Å². The highest BCUT2D eigenvalue weighted by Crippen LogP contribution is 2.22. The summed E-state index contributed by atoms with van der Waals surface area (Å²) in [5.74, 6) is 0.281. The van der Waals surface area contributed by atoms with Crippen LogP contribution in [0, 0.1) is 0 Å². The lowest BCUT2D eigenvalue weighted by molar-refractivity contribution is -0.143. The number of hydrogen-bond donors (Lipinski definition) is 1. The molecule has 2 aromatic carbocycles. The molecule has 1 N–H and O–H groups in total. The van der Waals surface area contributed by atoms with Gasteiger partial charge in [0.1, 0.15) is 6.54 Å². The minimum Gasteiger partial charge on any atom is -0.465 e. The van der Waals surface area contributed by atoms with Gasteiger partial charge in [0.15, 0.2) is 5.82 Å². The first-order valence-corrected chi connectivity index (χ1v) is 10.8. The monoisotopic (exact) mass is 423 g/mol. The Morgan fingerprint density at radius 3 is 2.47 bits per heavy atom. The van der Waals surface area contributed by atoms with Gasteiger partial charge in [-0.25, -0.2) is 4.98 Å². The Bertz CT molecular complexity index is 1020. The molecule has 156 valence electrons. The third-order valence-electron chi connectivity index (χ3n) is 4.51. The molecule has 0 bridgehead atoms. The lowest BCUT2D eigenvalue weighted by Crippen LogP contribution is -2.31. The van der Waals surface area contributed by atoms with Crippen LogP contribution in [0.15, 0.2) is 76.6 Å². The Labute approximate surface area is 180 Å². The summed E-state index contributed by atoms with van der Waals surface area (Å²) in [5, 5.41) is 3.17. The van der Waals surface area contributed by atoms with Gasteiger partial charge >= 0.3 is 5.97 Å². The van der Waals surface area contributed by atoms with Crippen molar-refractivity contribution in [2.75, 3.05) is 11.9 Å². The maximum atomic E-state index is 13.1. The molecule has 0 saturated carbocycles. The number of benzene rings is 2. The van der Waals surface area contributed by atoms with Gasteiger partial charge in [0.25, 0.3) is 5.56 Å². The van der Waals surface area contributed by atoms with Gasteiger partial charge in [-0.1, -0.05) is 48.5 Å². The minimum atomic E-state index is -0.446. The number of thioether (sulfide) groups is 1. The van der Waals surface area contributed by atoms with E-state index in [-0.39, 0.29) is 30.6 Å². The summed E-state index contributed by atoms with van der Waals surface area (Å²) in [6.45, 7) is 3.83. The predicted molar refractivity (Wildman–Crippen MR) is 120 cm³/mol. The van der Waals surface area contributed by atoms with Crippen LogP contribution in [0.1, 0.15) is 31.1 Å². The lowest BCUT2D eigenvalue weighted by atomic mass is 10.1. The predicted octanol–water partition coefficient (Wildman–Crippen LogP) is 4.27. The third kappa shape index (κ3) is 5.73. The molecule has 0 aliphatic carbocycles. The second-order valence-corrected chi connectivity index (χ2v) is 7.72. The summed E-state index contributed by atoms with van der Waals surface area (Å²) >= 11 is 1.58. The number of rotatable bonds is 9. The third-order valence-corrected chi connectivity index (χ3v) is 5.56. The highest BCUT2D eigenvalue weighted by Gasteiger charge is 2.16. The minimum absolute atomic E-state index is 0.105. The van der Waals surface area contributed by atoms with Gasteiger partial charge in [-0.3, -0.25) is 14.2 Å². The largest absolute Gasteiger partial charge is 0.465 e. The molecule has 0 aliphatic heterocycles. The fourth-order valence-corrected chi connectivity index (χ4v) is 3.84. The lowest BCUT2D eigenvalue weighted by Gasteiger charge is -2.17. The summed E-state index contributed by atoms with van der Waals surface area (Å²) in [4.78, 5) is 30.7. The number of anilines is 1. The van der Waals surface area contributed by atoms with Crippen molar-refractivity contribution < 1.29 is 9.53 Å². The number of carbonyl (C=O) groups is 1. The maximum Gasteiger partial charge on any atom is 0.326 e. The van der Waals surface area contributed by atoms with Crippen LogP contribution >= 0.6 is 11.8 Å². The number of hydrogen-bond acceptors (Lipinski definition) is 6. The fraction of sp³-hybridized carbons (Fsp3) is 0.261. The summed E-state index contributed by atoms with van der Waals surface area (Å²) in [7, 11) is 0. The average Bonchev–Trinajstić information content (AvgIpc) is 2.77. The van der Waals surface area contributed by atoms with E-state index in [0.29, 0.717) is 11.4 Å². The summed E-state index contributed by atoms with van der Waals surface area (Å²) in [5.41, 5.74) is 1.37. The molecule has 0 saturated heterocycles.